The van der Waals surface area contributed by atoms with Gasteiger partial charge in [0.2, 0.25) is 0 Å². The van der Waals surface area contributed by atoms with E-state index in [-0.39, 0.29) is 30.0 Å². The summed E-state index contributed by atoms with van der Waals surface area (Å²) in [7, 11) is 0. The van der Waals surface area contributed by atoms with Gasteiger partial charge in [-0.2, -0.15) is 0 Å². The van der Waals surface area contributed by atoms with Crippen LogP contribution in [0.15, 0.2) is 0 Å². The van der Waals surface area contributed by atoms with E-state index in [4.69, 9.17) is 14.2 Å². The first-order chi connectivity index (χ1) is 11.3. The lowest BCUT2D eigenvalue weighted by Crippen LogP contribution is -2.32. The molecule has 1 N–H and O–H groups in total. The number of rotatable bonds is 9. The van der Waals surface area contributed by atoms with Gasteiger partial charge in [-0.15, -0.1) is 11.8 Å². The molecule has 6 nitrogen and oxygen atoms in total. The molecule has 1 saturated heterocycles. The van der Waals surface area contributed by atoms with Gasteiger partial charge < -0.3 is 19.5 Å². The Morgan fingerprint density at radius 2 is 2.04 bits per heavy atom. The number of ether oxygens (including phenoxy) is 3. The highest BCUT2D eigenvalue weighted by atomic mass is 32.2. The maximum atomic E-state index is 11.5. The fourth-order valence-corrected chi connectivity index (χ4v) is 3.44. The molecule has 0 aliphatic carbocycles. The Hall–Kier alpha value is -0.790. The van der Waals surface area contributed by atoms with E-state index in [1.54, 1.807) is 11.8 Å². The largest absolute Gasteiger partial charge is 0.463 e. The van der Waals surface area contributed by atoms with Gasteiger partial charge in [0.15, 0.2) is 0 Å². The van der Waals surface area contributed by atoms with Crippen molar-refractivity contribution in [3.63, 3.8) is 0 Å². The molecule has 0 amide bonds. The second kappa shape index (κ2) is 10.9. The Morgan fingerprint density at radius 3 is 2.71 bits per heavy atom. The van der Waals surface area contributed by atoms with Crippen LogP contribution < -0.4 is 5.32 Å². The van der Waals surface area contributed by atoms with Crippen LogP contribution in [0.3, 0.4) is 0 Å². The van der Waals surface area contributed by atoms with E-state index in [1.807, 2.05) is 20.8 Å². The molecule has 0 radical (unpaired) electrons. The number of hydrogen-bond acceptors (Lipinski definition) is 7. The number of carbonyl (C=O) groups is 2. The highest BCUT2D eigenvalue weighted by Gasteiger charge is 2.23. The Kier molecular flexibility index (Phi) is 9.69. The van der Waals surface area contributed by atoms with Gasteiger partial charge in [-0.3, -0.25) is 9.59 Å². The molecule has 1 rings (SSSR count). The number of hydrogen-bond donors (Lipinski definition) is 1. The molecule has 0 bridgehead atoms. The fraction of sp³-hybridized carbons (Fsp3) is 0.882. The molecule has 1 aliphatic heterocycles. The average Bonchev–Trinajstić information content (AvgIpc) is 2.47. The average molecular weight is 362 g/mol. The molecular weight excluding hydrogens is 330 g/mol. The summed E-state index contributed by atoms with van der Waals surface area (Å²) in [5.74, 6) is 0.482. The first-order valence-electron chi connectivity index (χ1n) is 8.59. The van der Waals surface area contributed by atoms with Gasteiger partial charge in [0.05, 0.1) is 12.6 Å². The Bertz CT molecular complexity index is 397. The van der Waals surface area contributed by atoms with Crippen molar-refractivity contribution in [3.05, 3.63) is 0 Å². The van der Waals surface area contributed by atoms with Crippen LogP contribution >= 0.6 is 11.8 Å². The lowest BCUT2D eigenvalue weighted by molar-refractivity contribution is -0.153. The summed E-state index contributed by atoms with van der Waals surface area (Å²) in [5.41, 5.74) is -0.263. The summed E-state index contributed by atoms with van der Waals surface area (Å²) in [6, 6.07) is 0. The van der Waals surface area contributed by atoms with E-state index in [0.29, 0.717) is 6.61 Å². The predicted molar refractivity (Wildman–Crippen MR) is 94.9 cm³/mol. The van der Waals surface area contributed by atoms with Crippen molar-refractivity contribution in [2.45, 2.75) is 70.5 Å². The summed E-state index contributed by atoms with van der Waals surface area (Å²) in [6.07, 6.45) is 4.06. The minimum Gasteiger partial charge on any atom is -0.463 e. The molecule has 1 aliphatic rings. The van der Waals surface area contributed by atoms with E-state index >= 15 is 0 Å². The molecule has 140 valence electrons. The molecule has 0 aromatic heterocycles. The normalized spacial score (nSPS) is 21.3. The standard InChI is InChI=1S/C17H31NO5S/c1-13(19)21-12-14-7-5-8-16(22-14)24-10-6-9-18-11-15(20)23-17(2,3)4/h14,16,18H,5-12H2,1-4H3. The van der Waals surface area contributed by atoms with Gasteiger partial charge in [0.1, 0.15) is 17.6 Å². The molecule has 1 fully saturated rings. The van der Waals surface area contributed by atoms with Gasteiger partial charge >= 0.3 is 11.9 Å². The zero-order chi connectivity index (χ0) is 18.0. The zero-order valence-corrected chi connectivity index (χ0v) is 16.1. The molecule has 2 unspecified atom stereocenters. The molecule has 0 aromatic carbocycles. The van der Waals surface area contributed by atoms with Crippen molar-refractivity contribution in [1.82, 2.24) is 5.32 Å². The lowest BCUT2D eigenvalue weighted by atomic mass is 10.1. The minimum absolute atomic E-state index is 0.0189. The lowest BCUT2D eigenvalue weighted by Gasteiger charge is -2.29. The third-order valence-corrected chi connectivity index (χ3v) is 4.52. The number of carbonyl (C=O) groups excluding carboxylic acids is 2. The van der Waals surface area contributed by atoms with Crippen LogP contribution in [0.25, 0.3) is 0 Å². The third kappa shape index (κ3) is 10.9. The first-order valence-corrected chi connectivity index (χ1v) is 9.64. The van der Waals surface area contributed by atoms with Crippen LogP contribution in [0.2, 0.25) is 0 Å². The van der Waals surface area contributed by atoms with Gasteiger partial charge in [-0.05, 0) is 58.8 Å². The van der Waals surface area contributed by atoms with E-state index in [0.717, 1.165) is 38.0 Å². The van der Waals surface area contributed by atoms with Crippen molar-refractivity contribution in [1.29, 1.82) is 0 Å². The van der Waals surface area contributed by atoms with E-state index in [1.165, 1.54) is 6.92 Å². The summed E-state index contributed by atoms with van der Waals surface area (Å²) < 4.78 is 16.2. The summed E-state index contributed by atoms with van der Waals surface area (Å²) >= 11 is 1.79. The zero-order valence-electron chi connectivity index (χ0n) is 15.3. The SMILES string of the molecule is CC(=O)OCC1CCCC(SCCCNCC(=O)OC(C)(C)C)O1. The van der Waals surface area contributed by atoms with Gasteiger partial charge in [0.25, 0.3) is 0 Å². The second-order valence-corrected chi connectivity index (χ2v) is 8.18. The molecular formula is C17H31NO5S. The maximum absolute atomic E-state index is 11.5. The smallest absolute Gasteiger partial charge is 0.320 e. The van der Waals surface area contributed by atoms with Crippen LogP contribution in [0.5, 0.6) is 0 Å². The van der Waals surface area contributed by atoms with Crippen LogP contribution in [0, 0.1) is 0 Å². The number of esters is 2. The molecule has 1 heterocycles. The molecule has 0 saturated carbocycles. The Morgan fingerprint density at radius 1 is 1.29 bits per heavy atom. The van der Waals surface area contributed by atoms with Crippen LogP contribution in [-0.2, 0) is 23.8 Å². The van der Waals surface area contributed by atoms with Crippen molar-refractivity contribution in [2.75, 3.05) is 25.4 Å². The summed E-state index contributed by atoms with van der Waals surface area (Å²) in [4.78, 5) is 22.4. The quantitative estimate of drug-likeness (QED) is 0.499. The maximum Gasteiger partial charge on any atom is 0.320 e. The molecule has 0 spiro atoms. The monoisotopic (exact) mass is 361 g/mol. The summed E-state index contributed by atoms with van der Waals surface area (Å²) in [6.45, 7) is 8.37. The molecule has 0 aromatic rings. The minimum atomic E-state index is -0.435. The topological polar surface area (TPSA) is 73.9 Å². The van der Waals surface area contributed by atoms with Gasteiger partial charge in [-0.1, -0.05) is 0 Å². The van der Waals surface area contributed by atoms with Crippen molar-refractivity contribution >= 4 is 23.7 Å². The Balaban J connectivity index is 2.04. The van der Waals surface area contributed by atoms with Gasteiger partial charge in [0, 0.05) is 6.92 Å². The first kappa shape index (κ1) is 21.3. The second-order valence-electron chi connectivity index (χ2n) is 6.91. The van der Waals surface area contributed by atoms with Crippen LogP contribution in [0.4, 0.5) is 0 Å². The van der Waals surface area contributed by atoms with Crippen molar-refractivity contribution < 1.29 is 23.8 Å². The Labute approximate surface area is 149 Å². The molecule has 24 heavy (non-hydrogen) atoms. The fourth-order valence-electron chi connectivity index (χ4n) is 2.30. The predicted octanol–water partition coefficient (Wildman–Crippen LogP) is 2.50. The molecule has 7 heteroatoms. The van der Waals surface area contributed by atoms with Crippen LogP contribution in [0.1, 0.15) is 53.4 Å². The molecule has 2 atom stereocenters. The number of nitrogens with one attached hydrogen (secondary N) is 1. The van der Waals surface area contributed by atoms with E-state index < -0.39 is 5.60 Å². The van der Waals surface area contributed by atoms with E-state index in [9.17, 15) is 9.59 Å². The third-order valence-electron chi connectivity index (χ3n) is 3.27. The van der Waals surface area contributed by atoms with E-state index in [2.05, 4.69) is 5.32 Å². The highest BCUT2D eigenvalue weighted by molar-refractivity contribution is 7.99. The van der Waals surface area contributed by atoms with Crippen molar-refractivity contribution in [2.24, 2.45) is 0 Å². The number of thioether (sulfide) groups is 1. The van der Waals surface area contributed by atoms with Crippen LogP contribution in [-0.4, -0.2) is 54.5 Å². The highest BCUT2D eigenvalue weighted by Crippen LogP contribution is 2.27. The van der Waals surface area contributed by atoms with Crippen molar-refractivity contribution in [3.8, 4) is 0 Å². The summed E-state index contributed by atoms with van der Waals surface area (Å²) in [5, 5.41) is 3.10. The van der Waals surface area contributed by atoms with Gasteiger partial charge in [-0.25, -0.2) is 0 Å².